The lowest BCUT2D eigenvalue weighted by molar-refractivity contribution is -0.110. The Morgan fingerprint density at radius 2 is 1.09 bits per heavy atom. The Morgan fingerprint density at radius 1 is 0.531 bits per heavy atom. The number of allylic oxidation sites excluding steroid dienone is 3. The van der Waals surface area contributed by atoms with Gasteiger partial charge in [0, 0.05) is 5.56 Å². The summed E-state index contributed by atoms with van der Waals surface area (Å²) < 4.78 is 0. The molecule has 0 heterocycles. The first-order valence-electron chi connectivity index (χ1n) is 10.4. The molecule has 0 N–H and O–H groups in total. The summed E-state index contributed by atoms with van der Waals surface area (Å²) in [6.07, 6.45) is 9.95. The molecule has 0 amide bonds. The molecule has 4 rings (SSSR count). The first-order valence-corrected chi connectivity index (χ1v) is 10.4. The van der Waals surface area contributed by atoms with Crippen molar-refractivity contribution in [3.8, 4) is 0 Å². The van der Waals surface area contributed by atoms with Crippen LogP contribution in [0.2, 0.25) is 0 Å². The summed E-state index contributed by atoms with van der Waals surface area (Å²) in [6.45, 7) is 0. The summed E-state index contributed by atoms with van der Waals surface area (Å²) in [5.41, 5.74) is 3.22. The number of hydrogen-bond acceptors (Lipinski definition) is 2. The van der Waals surface area contributed by atoms with Gasteiger partial charge in [0.15, 0.2) is 11.6 Å². The number of carbonyl (C=O) groups excluding carboxylic acids is 2. The Hall–Kier alpha value is -4.30. The van der Waals surface area contributed by atoms with Gasteiger partial charge in [-0.15, -0.1) is 0 Å². The molecule has 0 saturated carbocycles. The predicted octanol–water partition coefficient (Wildman–Crippen LogP) is 7.03. The smallest absolute Gasteiger partial charge is 0.186 e. The van der Waals surface area contributed by atoms with Crippen LogP contribution in [-0.2, 0) is 4.79 Å². The molecule has 32 heavy (non-hydrogen) atoms. The summed E-state index contributed by atoms with van der Waals surface area (Å²) in [7, 11) is 0. The van der Waals surface area contributed by atoms with E-state index in [9.17, 15) is 9.59 Å². The number of benzene rings is 4. The van der Waals surface area contributed by atoms with Gasteiger partial charge in [-0.25, -0.2) is 0 Å². The topological polar surface area (TPSA) is 34.1 Å². The summed E-state index contributed by atoms with van der Waals surface area (Å²) in [4.78, 5) is 25.5. The van der Waals surface area contributed by atoms with Gasteiger partial charge in [-0.05, 0) is 57.8 Å². The van der Waals surface area contributed by atoms with Crippen LogP contribution in [0.5, 0.6) is 0 Å². The second-order valence-electron chi connectivity index (χ2n) is 7.34. The van der Waals surface area contributed by atoms with E-state index in [1.165, 1.54) is 12.2 Å². The third-order valence-electron chi connectivity index (χ3n) is 5.12. The van der Waals surface area contributed by atoms with Crippen molar-refractivity contribution >= 4 is 40.6 Å². The van der Waals surface area contributed by atoms with E-state index in [0.29, 0.717) is 5.56 Å². The Labute approximate surface area is 187 Å². The summed E-state index contributed by atoms with van der Waals surface area (Å²) in [5, 5.41) is 1.95. The maximum atomic E-state index is 13.0. The maximum absolute atomic E-state index is 13.0. The van der Waals surface area contributed by atoms with E-state index >= 15 is 0 Å². The molecular formula is C30H22O2. The zero-order chi connectivity index (χ0) is 22.2. The lowest BCUT2D eigenvalue weighted by atomic mass is 9.95. The zero-order valence-electron chi connectivity index (χ0n) is 17.5. The lowest BCUT2D eigenvalue weighted by Crippen LogP contribution is -1.99. The van der Waals surface area contributed by atoms with E-state index in [2.05, 4.69) is 0 Å². The standard InChI is InChI=1S/C30H22O2/c31-26(18-15-23-9-3-1-4-10-23)19-21-28-27-14-8-7-13-25(27)17-20-29(28)30(32)22-16-24-11-5-2-6-12-24/h1-22H/b18-15+,21-19+,22-16+. The second kappa shape index (κ2) is 10.1. The van der Waals surface area contributed by atoms with Gasteiger partial charge < -0.3 is 0 Å². The highest BCUT2D eigenvalue weighted by atomic mass is 16.1. The number of fused-ring (bicyclic) bond motifs is 1. The van der Waals surface area contributed by atoms with E-state index in [1.807, 2.05) is 97.1 Å². The van der Waals surface area contributed by atoms with Crippen molar-refractivity contribution in [1.82, 2.24) is 0 Å². The summed E-state index contributed by atoms with van der Waals surface area (Å²) in [5.74, 6) is -0.244. The van der Waals surface area contributed by atoms with Gasteiger partial charge in [0.1, 0.15) is 0 Å². The molecule has 4 aromatic rings. The zero-order valence-corrected chi connectivity index (χ0v) is 17.5. The van der Waals surface area contributed by atoms with Crippen LogP contribution >= 0.6 is 0 Å². The summed E-state index contributed by atoms with van der Waals surface area (Å²) >= 11 is 0. The van der Waals surface area contributed by atoms with Gasteiger partial charge in [0.2, 0.25) is 0 Å². The minimum atomic E-state index is -0.139. The van der Waals surface area contributed by atoms with Crippen molar-refractivity contribution in [2.45, 2.75) is 0 Å². The molecule has 0 radical (unpaired) electrons. The molecule has 0 bridgehead atoms. The van der Waals surface area contributed by atoms with Gasteiger partial charge in [-0.3, -0.25) is 9.59 Å². The molecule has 0 atom stereocenters. The Morgan fingerprint density at radius 3 is 1.78 bits per heavy atom. The van der Waals surface area contributed by atoms with Crippen molar-refractivity contribution in [2.75, 3.05) is 0 Å². The van der Waals surface area contributed by atoms with Crippen molar-refractivity contribution < 1.29 is 9.59 Å². The second-order valence-corrected chi connectivity index (χ2v) is 7.34. The molecule has 0 fully saturated rings. The van der Waals surface area contributed by atoms with Crippen molar-refractivity contribution in [2.24, 2.45) is 0 Å². The van der Waals surface area contributed by atoms with Gasteiger partial charge in [-0.1, -0.05) is 103 Å². The molecule has 0 saturated heterocycles. The highest BCUT2D eigenvalue weighted by Crippen LogP contribution is 2.25. The number of hydrogen-bond donors (Lipinski definition) is 0. The minimum Gasteiger partial charge on any atom is -0.290 e. The molecule has 2 nitrogen and oxygen atoms in total. The van der Waals surface area contributed by atoms with Gasteiger partial charge in [0.05, 0.1) is 0 Å². The number of carbonyl (C=O) groups is 2. The van der Waals surface area contributed by atoms with Crippen LogP contribution in [-0.4, -0.2) is 11.6 Å². The van der Waals surface area contributed by atoms with E-state index in [1.54, 1.807) is 24.3 Å². The molecule has 154 valence electrons. The van der Waals surface area contributed by atoms with E-state index in [0.717, 1.165) is 27.5 Å². The Kier molecular flexibility index (Phi) is 6.64. The fourth-order valence-electron chi connectivity index (χ4n) is 3.48. The van der Waals surface area contributed by atoms with Gasteiger partial charge >= 0.3 is 0 Å². The van der Waals surface area contributed by atoms with E-state index in [4.69, 9.17) is 0 Å². The molecule has 0 aromatic heterocycles. The molecule has 0 unspecified atom stereocenters. The van der Waals surface area contributed by atoms with Crippen molar-refractivity contribution in [3.63, 3.8) is 0 Å². The third kappa shape index (κ3) is 5.24. The van der Waals surface area contributed by atoms with E-state index in [-0.39, 0.29) is 11.6 Å². The molecule has 0 aliphatic rings. The SMILES string of the molecule is O=C(/C=C/c1ccccc1)/C=C/c1c(C(=O)/C=C/c2ccccc2)ccc2ccccc12. The number of ketones is 2. The van der Waals surface area contributed by atoms with Gasteiger partial charge in [0.25, 0.3) is 0 Å². The number of rotatable bonds is 7. The van der Waals surface area contributed by atoms with E-state index < -0.39 is 0 Å². The summed E-state index contributed by atoms with van der Waals surface area (Å²) in [6, 6.07) is 31.0. The molecule has 0 spiro atoms. The highest BCUT2D eigenvalue weighted by molar-refractivity contribution is 6.14. The quantitative estimate of drug-likeness (QED) is 0.240. The van der Waals surface area contributed by atoms with Crippen LogP contribution in [0, 0.1) is 0 Å². The van der Waals surface area contributed by atoms with Gasteiger partial charge in [-0.2, -0.15) is 0 Å². The monoisotopic (exact) mass is 414 g/mol. The normalized spacial score (nSPS) is 11.6. The fraction of sp³-hybridized carbons (Fsp3) is 0. The lowest BCUT2D eigenvalue weighted by Gasteiger charge is -2.08. The van der Waals surface area contributed by atoms with Crippen molar-refractivity contribution in [1.29, 1.82) is 0 Å². The largest absolute Gasteiger partial charge is 0.290 e. The molecule has 0 aliphatic carbocycles. The predicted molar refractivity (Wildman–Crippen MR) is 133 cm³/mol. The maximum Gasteiger partial charge on any atom is 0.186 e. The molecule has 2 heteroatoms. The van der Waals surface area contributed by atoms with Crippen LogP contribution in [0.25, 0.3) is 29.0 Å². The molecule has 0 aliphatic heterocycles. The Bertz CT molecular complexity index is 1330. The minimum absolute atomic E-state index is 0.105. The Balaban J connectivity index is 1.65. The van der Waals surface area contributed by atoms with Crippen molar-refractivity contribution in [3.05, 3.63) is 138 Å². The van der Waals surface area contributed by atoms with Crippen LogP contribution < -0.4 is 0 Å². The fourth-order valence-corrected chi connectivity index (χ4v) is 3.48. The van der Waals surface area contributed by atoms with Crippen LogP contribution in [0.3, 0.4) is 0 Å². The third-order valence-corrected chi connectivity index (χ3v) is 5.12. The van der Waals surface area contributed by atoms with Crippen LogP contribution in [0.1, 0.15) is 27.0 Å². The average molecular weight is 415 g/mol. The molecular weight excluding hydrogens is 392 g/mol. The average Bonchev–Trinajstić information content (AvgIpc) is 2.85. The molecule has 4 aromatic carbocycles. The highest BCUT2D eigenvalue weighted by Gasteiger charge is 2.11. The first kappa shape index (κ1) is 21.0. The first-order chi connectivity index (χ1) is 15.7. The van der Waals surface area contributed by atoms with Crippen LogP contribution in [0.15, 0.2) is 115 Å². The van der Waals surface area contributed by atoms with Crippen LogP contribution in [0.4, 0.5) is 0 Å².